The Kier molecular flexibility index (Phi) is 7.27. The number of hydrogen-bond acceptors (Lipinski definition) is 5. The number of imidazole rings is 1. The molecule has 208 valence electrons. The third-order valence-corrected chi connectivity index (χ3v) is 7.57. The van der Waals surface area contributed by atoms with Crippen molar-refractivity contribution in [1.82, 2.24) is 24.0 Å². The second kappa shape index (κ2) is 10.7. The molecule has 40 heavy (non-hydrogen) atoms. The van der Waals surface area contributed by atoms with Gasteiger partial charge in [-0.1, -0.05) is 0 Å². The van der Waals surface area contributed by atoms with Crippen LogP contribution in [0.15, 0.2) is 47.8 Å². The summed E-state index contributed by atoms with van der Waals surface area (Å²) in [6.45, 7) is 8.25. The molecule has 1 aliphatic heterocycles. The molecular weight excluding hydrogens is 516 g/mol. The van der Waals surface area contributed by atoms with Gasteiger partial charge in [-0.15, -0.1) is 0 Å². The van der Waals surface area contributed by atoms with E-state index in [0.717, 1.165) is 28.7 Å². The molecule has 4 heterocycles. The lowest BCUT2D eigenvalue weighted by Crippen LogP contribution is -2.40. The molecule has 1 aliphatic rings. The van der Waals surface area contributed by atoms with Crippen molar-refractivity contribution in [3.8, 4) is 16.9 Å². The highest BCUT2D eigenvalue weighted by Crippen LogP contribution is 2.36. The summed E-state index contributed by atoms with van der Waals surface area (Å²) in [5.41, 5.74) is 3.48. The van der Waals surface area contributed by atoms with Gasteiger partial charge in [0.15, 0.2) is 17.4 Å². The predicted octanol–water partition coefficient (Wildman–Crippen LogP) is 4.75. The van der Waals surface area contributed by atoms with Crippen LogP contribution in [0.3, 0.4) is 0 Å². The highest BCUT2D eigenvalue weighted by molar-refractivity contribution is 5.99. The molecule has 0 saturated heterocycles. The lowest BCUT2D eigenvalue weighted by atomic mass is 9.86. The van der Waals surface area contributed by atoms with Crippen molar-refractivity contribution in [3.05, 3.63) is 98.7 Å². The molecule has 0 aliphatic carbocycles. The van der Waals surface area contributed by atoms with Crippen LogP contribution >= 0.6 is 0 Å². The third-order valence-electron chi connectivity index (χ3n) is 7.57. The molecular formula is C30H31F2N5O3. The Balaban J connectivity index is 1.62. The summed E-state index contributed by atoms with van der Waals surface area (Å²) in [5, 5.41) is 0. The quantitative estimate of drug-likeness (QED) is 0.334. The van der Waals surface area contributed by atoms with E-state index in [1.165, 1.54) is 17.7 Å². The zero-order valence-electron chi connectivity index (χ0n) is 23.2. The van der Waals surface area contributed by atoms with Gasteiger partial charge in [-0.2, -0.15) is 0 Å². The predicted molar refractivity (Wildman–Crippen MR) is 146 cm³/mol. The molecule has 0 unspecified atom stereocenters. The summed E-state index contributed by atoms with van der Waals surface area (Å²) < 4.78 is 37.7. The molecule has 1 atom stereocenters. The fourth-order valence-corrected chi connectivity index (χ4v) is 5.29. The Morgan fingerprint density at radius 1 is 1.07 bits per heavy atom. The van der Waals surface area contributed by atoms with E-state index in [9.17, 15) is 18.4 Å². The average Bonchev–Trinajstić information content (AvgIpc) is 3.34. The van der Waals surface area contributed by atoms with Crippen molar-refractivity contribution >= 4 is 5.91 Å². The van der Waals surface area contributed by atoms with Gasteiger partial charge in [-0.25, -0.2) is 13.8 Å². The first-order valence-corrected chi connectivity index (χ1v) is 13.2. The van der Waals surface area contributed by atoms with Crippen molar-refractivity contribution in [2.45, 2.75) is 46.7 Å². The summed E-state index contributed by atoms with van der Waals surface area (Å²) in [6, 6.07) is 4.93. The molecule has 1 amide bonds. The maximum atomic E-state index is 14.9. The smallest absolute Gasteiger partial charge is 0.286 e. The molecule has 4 aromatic rings. The molecule has 3 aromatic heterocycles. The van der Waals surface area contributed by atoms with Crippen LogP contribution in [0, 0.1) is 25.5 Å². The summed E-state index contributed by atoms with van der Waals surface area (Å²) in [6.07, 6.45) is 6.81. The van der Waals surface area contributed by atoms with Crippen molar-refractivity contribution < 1.29 is 18.3 Å². The average molecular weight is 548 g/mol. The number of pyridine rings is 2. The number of nitrogens with zero attached hydrogens (tertiary/aromatic N) is 5. The SMILES string of the molecule is CCOc1cc([C@H](C)N2CCc3c(cc(Cn4ccnc4C)cc3-c3cn(C)c(=O)c(F)c3C)C2=O)ncc1F. The minimum absolute atomic E-state index is 0.0941. The van der Waals surface area contributed by atoms with Gasteiger partial charge in [0, 0.05) is 55.9 Å². The first kappa shape index (κ1) is 27.2. The van der Waals surface area contributed by atoms with E-state index in [1.807, 2.05) is 36.7 Å². The highest BCUT2D eigenvalue weighted by Gasteiger charge is 2.32. The fourth-order valence-electron chi connectivity index (χ4n) is 5.29. The van der Waals surface area contributed by atoms with Gasteiger partial charge < -0.3 is 18.8 Å². The Labute approximate surface area is 230 Å². The lowest BCUT2D eigenvalue weighted by Gasteiger charge is -2.35. The lowest BCUT2D eigenvalue weighted by molar-refractivity contribution is 0.0668. The van der Waals surface area contributed by atoms with E-state index >= 15 is 0 Å². The number of carbonyl (C=O) groups is 1. The molecule has 1 aromatic carbocycles. The molecule has 0 N–H and O–H groups in total. The maximum Gasteiger partial charge on any atom is 0.286 e. The minimum atomic E-state index is -0.811. The first-order chi connectivity index (χ1) is 19.1. The molecule has 0 saturated carbocycles. The number of ether oxygens (including phenoxy) is 1. The van der Waals surface area contributed by atoms with E-state index in [-0.39, 0.29) is 17.2 Å². The van der Waals surface area contributed by atoms with Gasteiger partial charge in [0.2, 0.25) is 0 Å². The molecule has 0 radical (unpaired) electrons. The molecule has 10 heteroatoms. The second-order valence-electron chi connectivity index (χ2n) is 10.1. The number of aromatic nitrogens is 4. The Morgan fingerprint density at radius 3 is 2.52 bits per heavy atom. The number of rotatable bonds is 7. The van der Waals surface area contributed by atoms with Gasteiger partial charge >= 0.3 is 0 Å². The number of halogens is 2. The number of aryl methyl sites for hydroxylation is 2. The van der Waals surface area contributed by atoms with Gasteiger partial charge in [0.05, 0.1) is 24.5 Å². The highest BCUT2D eigenvalue weighted by atomic mass is 19.1. The largest absolute Gasteiger partial charge is 0.491 e. The summed E-state index contributed by atoms with van der Waals surface area (Å²) in [5.74, 6) is -0.660. The fraction of sp³-hybridized carbons (Fsp3) is 0.333. The maximum absolute atomic E-state index is 14.9. The van der Waals surface area contributed by atoms with E-state index in [2.05, 4.69) is 9.97 Å². The van der Waals surface area contributed by atoms with Crippen LogP contribution in [0.2, 0.25) is 0 Å². The van der Waals surface area contributed by atoms with Crippen molar-refractivity contribution in [2.24, 2.45) is 7.05 Å². The number of fused-ring (bicyclic) bond motifs is 1. The van der Waals surface area contributed by atoms with E-state index in [4.69, 9.17) is 4.74 Å². The van der Waals surface area contributed by atoms with Gasteiger partial charge in [-0.3, -0.25) is 14.6 Å². The number of benzene rings is 1. The normalized spacial score (nSPS) is 13.9. The number of carbonyl (C=O) groups excluding carboxylic acids is 1. The first-order valence-electron chi connectivity index (χ1n) is 13.2. The third kappa shape index (κ3) is 4.78. The molecule has 8 nitrogen and oxygen atoms in total. The van der Waals surface area contributed by atoms with Crippen molar-refractivity contribution in [2.75, 3.05) is 13.2 Å². The Morgan fingerprint density at radius 2 is 1.82 bits per heavy atom. The van der Waals surface area contributed by atoms with E-state index in [0.29, 0.717) is 42.9 Å². The van der Waals surface area contributed by atoms with Crippen LogP contribution in [-0.4, -0.2) is 43.1 Å². The summed E-state index contributed by atoms with van der Waals surface area (Å²) >= 11 is 0. The Bertz CT molecular complexity index is 1680. The Hall–Kier alpha value is -4.34. The zero-order chi connectivity index (χ0) is 28.7. The summed E-state index contributed by atoms with van der Waals surface area (Å²) in [7, 11) is 1.51. The summed E-state index contributed by atoms with van der Waals surface area (Å²) in [4.78, 5) is 36.5. The van der Waals surface area contributed by atoms with Gasteiger partial charge in [0.25, 0.3) is 11.5 Å². The van der Waals surface area contributed by atoms with Crippen LogP contribution in [0.25, 0.3) is 11.1 Å². The van der Waals surface area contributed by atoms with Crippen LogP contribution in [0.1, 0.15) is 58.5 Å². The van der Waals surface area contributed by atoms with Gasteiger partial charge in [-0.05, 0) is 68.5 Å². The monoisotopic (exact) mass is 547 g/mol. The zero-order valence-corrected chi connectivity index (χ0v) is 23.2. The van der Waals surface area contributed by atoms with Crippen LogP contribution < -0.4 is 10.3 Å². The van der Waals surface area contributed by atoms with Crippen molar-refractivity contribution in [3.63, 3.8) is 0 Å². The second-order valence-corrected chi connectivity index (χ2v) is 10.1. The molecule has 0 bridgehead atoms. The molecule has 0 spiro atoms. The minimum Gasteiger partial charge on any atom is -0.491 e. The molecule has 0 fully saturated rings. The van der Waals surface area contributed by atoms with Crippen LogP contribution in [-0.2, 0) is 20.0 Å². The van der Waals surface area contributed by atoms with E-state index in [1.54, 1.807) is 31.1 Å². The van der Waals surface area contributed by atoms with Crippen molar-refractivity contribution in [1.29, 1.82) is 0 Å². The molecule has 5 rings (SSSR count). The standard InChI is InChI=1S/C30H31F2N5O3/c1-6-40-27-13-26(34-14-25(27)31)18(3)37-9-7-21-22(24-16-35(5)30(39)28(32)17(24)2)11-20(12-23(21)29(37)38)15-36-10-8-33-19(36)4/h8,10-14,16,18H,6-7,9,15H2,1-5H3/t18-/m0/s1. The number of amides is 1. The van der Waals surface area contributed by atoms with E-state index < -0.39 is 23.2 Å². The topological polar surface area (TPSA) is 82.2 Å². The number of hydrogen-bond donors (Lipinski definition) is 0. The van der Waals surface area contributed by atoms with Crippen LogP contribution in [0.5, 0.6) is 5.75 Å². The van der Waals surface area contributed by atoms with Crippen LogP contribution in [0.4, 0.5) is 8.78 Å². The van der Waals surface area contributed by atoms with Gasteiger partial charge in [0.1, 0.15) is 5.82 Å².